The smallest absolute Gasteiger partial charge is 0.274 e. The van der Waals surface area contributed by atoms with Gasteiger partial charge >= 0.3 is 0 Å². The Morgan fingerprint density at radius 2 is 1.85 bits per heavy atom. The molecule has 3 aromatic heterocycles. The highest BCUT2D eigenvalue weighted by atomic mass is 16.5. The fourth-order valence-corrected chi connectivity index (χ4v) is 4.14. The molecule has 6 rings (SSSR count). The van der Waals surface area contributed by atoms with E-state index in [0.29, 0.717) is 23.7 Å². The summed E-state index contributed by atoms with van der Waals surface area (Å²) in [5.74, 6) is 0.385. The Hall–Kier alpha value is -4.00. The number of ether oxygens (including phenoxy) is 1. The molecule has 2 aliphatic carbocycles. The fourth-order valence-electron chi connectivity index (χ4n) is 4.14. The molecule has 7 heteroatoms. The molecule has 0 spiro atoms. The zero-order chi connectivity index (χ0) is 22.9. The van der Waals surface area contributed by atoms with E-state index in [0.717, 1.165) is 40.9 Å². The minimum atomic E-state index is -0.257. The first-order valence-electron chi connectivity index (χ1n) is 11.8. The van der Waals surface area contributed by atoms with Crippen LogP contribution in [0, 0.1) is 0 Å². The first-order chi connectivity index (χ1) is 16.7. The average Bonchev–Trinajstić information content (AvgIpc) is 3.58. The molecule has 0 radical (unpaired) electrons. The first kappa shape index (κ1) is 20.6. The van der Waals surface area contributed by atoms with Gasteiger partial charge in [-0.05, 0) is 68.0 Å². The highest BCUT2D eigenvalue weighted by molar-refractivity contribution is 6.03. The molecule has 1 aromatic carbocycles. The van der Waals surface area contributed by atoms with Gasteiger partial charge in [-0.25, -0.2) is 9.97 Å². The van der Waals surface area contributed by atoms with E-state index in [9.17, 15) is 4.79 Å². The number of carbonyl (C=O) groups excluding carboxylic acids is 1. The Labute approximate surface area is 197 Å². The van der Waals surface area contributed by atoms with E-state index in [1.165, 1.54) is 19.3 Å². The molecule has 0 unspecified atom stereocenters. The summed E-state index contributed by atoms with van der Waals surface area (Å²) >= 11 is 0. The molecule has 34 heavy (non-hydrogen) atoms. The van der Waals surface area contributed by atoms with Crippen molar-refractivity contribution in [2.75, 3.05) is 5.32 Å². The number of hydrogen-bond acceptors (Lipinski definition) is 5. The maximum absolute atomic E-state index is 13.0. The molecule has 4 aromatic rings. The molecule has 0 saturated heterocycles. The summed E-state index contributed by atoms with van der Waals surface area (Å²) in [5, 5.41) is 2.98. The summed E-state index contributed by atoms with van der Waals surface area (Å²) in [5.41, 5.74) is 4.95. The second-order valence-corrected chi connectivity index (χ2v) is 8.94. The molecule has 1 amide bonds. The van der Waals surface area contributed by atoms with Crippen molar-refractivity contribution in [3.8, 4) is 28.3 Å². The number of rotatable bonds is 7. The lowest BCUT2D eigenvalue weighted by Gasteiger charge is -2.25. The number of aromatic nitrogens is 4. The Kier molecular flexibility index (Phi) is 5.30. The number of hydrogen-bond donors (Lipinski definition) is 1. The summed E-state index contributed by atoms with van der Waals surface area (Å²) in [7, 11) is 0. The monoisotopic (exact) mass is 451 g/mol. The average molecular weight is 452 g/mol. The van der Waals surface area contributed by atoms with Gasteiger partial charge in [-0.3, -0.25) is 9.78 Å². The van der Waals surface area contributed by atoms with Crippen LogP contribution in [0.1, 0.15) is 48.6 Å². The molecule has 2 saturated carbocycles. The van der Waals surface area contributed by atoms with Gasteiger partial charge in [-0.1, -0.05) is 12.1 Å². The molecule has 7 nitrogen and oxygen atoms in total. The van der Waals surface area contributed by atoms with Crippen LogP contribution < -0.4 is 10.1 Å². The third-order valence-corrected chi connectivity index (χ3v) is 6.42. The third-order valence-electron chi connectivity index (χ3n) is 6.42. The van der Waals surface area contributed by atoms with Crippen LogP contribution in [0.3, 0.4) is 0 Å². The standard InChI is InChI=1S/C27H25N5O2/c33-27(31-21-4-1-3-19(13-21)25-16-28-17-32(25)22-8-9-22)24-14-18(11-12-29-24)20-7-10-26(30-15-20)34-23-5-2-6-23/h1,3-4,7,10-17,22-23H,2,5-6,8-9H2,(H,31,33). The van der Waals surface area contributed by atoms with Crippen molar-refractivity contribution in [3.63, 3.8) is 0 Å². The molecule has 2 aliphatic rings. The summed E-state index contributed by atoms with van der Waals surface area (Å²) in [6.45, 7) is 0. The van der Waals surface area contributed by atoms with Gasteiger partial charge in [-0.15, -0.1) is 0 Å². The zero-order valence-corrected chi connectivity index (χ0v) is 18.7. The van der Waals surface area contributed by atoms with Gasteiger partial charge in [0, 0.05) is 41.3 Å². The molecule has 170 valence electrons. The second-order valence-electron chi connectivity index (χ2n) is 8.94. The predicted octanol–water partition coefficient (Wildman–Crippen LogP) is 5.53. The van der Waals surface area contributed by atoms with Crippen LogP contribution in [0.4, 0.5) is 5.69 Å². The van der Waals surface area contributed by atoms with Crippen molar-refractivity contribution in [2.24, 2.45) is 0 Å². The van der Waals surface area contributed by atoms with Gasteiger partial charge < -0.3 is 14.6 Å². The summed E-state index contributed by atoms with van der Waals surface area (Å²) in [6, 6.07) is 15.9. The van der Waals surface area contributed by atoms with Crippen molar-refractivity contribution in [1.82, 2.24) is 19.5 Å². The lowest BCUT2D eigenvalue weighted by molar-refractivity contribution is 0.102. The normalized spacial score (nSPS) is 15.5. The van der Waals surface area contributed by atoms with Crippen molar-refractivity contribution < 1.29 is 9.53 Å². The minimum Gasteiger partial charge on any atom is -0.474 e. The second kappa shape index (κ2) is 8.74. The highest BCUT2D eigenvalue weighted by Crippen LogP contribution is 2.38. The van der Waals surface area contributed by atoms with E-state index >= 15 is 0 Å². The number of anilines is 1. The number of benzene rings is 1. The van der Waals surface area contributed by atoms with Crippen molar-refractivity contribution in [1.29, 1.82) is 0 Å². The van der Waals surface area contributed by atoms with E-state index in [2.05, 4.69) is 24.8 Å². The Bertz CT molecular complexity index is 1320. The number of carbonyl (C=O) groups is 1. The molecule has 0 aliphatic heterocycles. The molecule has 0 atom stereocenters. The van der Waals surface area contributed by atoms with Crippen LogP contribution in [0.5, 0.6) is 5.88 Å². The summed E-state index contributed by atoms with van der Waals surface area (Å²) in [6.07, 6.45) is 13.3. The van der Waals surface area contributed by atoms with Crippen molar-refractivity contribution >= 4 is 11.6 Å². The maximum Gasteiger partial charge on any atom is 0.274 e. The molecule has 2 fully saturated rings. The maximum atomic E-state index is 13.0. The van der Waals surface area contributed by atoms with Gasteiger partial charge in [0.05, 0.1) is 18.2 Å². The number of nitrogens with zero attached hydrogens (tertiary/aromatic N) is 4. The minimum absolute atomic E-state index is 0.257. The summed E-state index contributed by atoms with van der Waals surface area (Å²) in [4.78, 5) is 26.0. The van der Waals surface area contributed by atoms with Crippen LogP contribution in [-0.2, 0) is 0 Å². The lowest BCUT2D eigenvalue weighted by atomic mass is 9.96. The van der Waals surface area contributed by atoms with Gasteiger partial charge in [0.2, 0.25) is 5.88 Å². The molecular weight excluding hydrogens is 426 g/mol. The van der Waals surface area contributed by atoms with Crippen LogP contribution >= 0.6 is 0 Å². The molecule has 0 bridgehead atoms. The van der Waals surface area contributed by atoms with Crippen LogP contribution in [0.15, 0.2) is 73.4 Å². The molecule has 3 heterocycles. The van der Waals surface area contributed by atoms with E-state index in [4.69, 9.17) is 4.74 Å². The van der Waals surface area contributed by atoms with Crippen molar-refractivity contribution in [3.05, 3.63) is 79.1 Å². The van der Waals surface area contributed by atoms with Gasteiger partial charge in [0.25, 0.3) is 5.91 Å². The Balaban J connectivity index is 1.17. The van der Waals surface area contributed by atoms with E-state index in [-0.39, 0.29) is 5.91 Å². The lowest BCUT2D eigenvalue weighted by Crippen LogP contribution is -2.24. The van der Waals surface area contributed by atoms with Gasteiger partial charge in [-0.2, -0.15) is 0 Å². The number of imidazole rings is 1. The fraction of sp³-hybridized carbons (Fsp3) is 0.259. The molecular formula is C27H25N5O2. The van der Waals surface area contributed by atoms with Crippen molar-refractivity contribution in [2.45, 2.75) is 44.2 Å². The largest absolute Gasteiger partial charge is 0.474 e. The third kappa shape index (κ3) is 4.29. The van der Waals surface area contributed by atoms with Crippen LogP contribution in [-0.4, -0.2) is 31.5 Å². The van der Waals surface area contributed by atoms with E-state index < -0.39 is 0 Å². The van der Waals surface area contributed by atoms with Crippen LogP contribution in [0.25, 0.3) is 22.4 Å². The van der Waals surface area contributed by atoms with E-state index in [1.807, 2.05) is 55.0 Å². The number of nitrogens with one attached hydrogen (secondary N) is 1. The van der Waals surface area contributed by atoms with E-state index in [1.54, 1.807) is 18.5 Å². The number of pyridine rings is 2. The predicted molar refractivity (Wildman–Crippen MR) is 130 cm³/mol. The first-order valence-corrected chi connectivity index (χ1v) is 11.8. The highest BCUT2D eigenvalue weighted by Gasteiger charge is 2.25. The SMILES string of the molecule is O=C(Nc1cccc(-c2cncn2C2CC2)c1)c1cc(-c2ccc(OC3CCC3)nc2)ccn1. The van der Waals surface area contributed by atoms with Crippen LogP contribution in [0.2, 0.25) is 0 Å². The quantitative estimate of drug-likeness (QED) is 0.400. The zero-order valence-electron chi connectivity index (χ0n) is 18.7. The summed E-state index contributed by atoms with van der Waals surface area (Å²) < 4.78 is 8.05. The number of amides is 1. The Morgan fingerprint density at radius 3 is 2.62 bits per heavy atom. The topological polar surface area (TPSA) is 81.9 Å². The van der Waals surface area contributed by atoms with Gasteiger partial charge in [0.15, 0.2) is 0 Å². The molecule has 1 N–H and O–H groups in total. The van der Waals surface area contributed by atoms with Gasteiger partial charge in [0.1, 0.15) is 11.8 Å². The Morgan fingerprint density at radius 1 is 0.941 bits per heavy atom.